The normalized spacial score (nSPS) is 14.9. The minimum absolute atomic E-state index is 0.0885. The van der Waals surface area contributed by atoms with Crippen LogP contribution in [-0.4, -0.2) is 112 Å². The standard InChI is InChI=1S/C28H39N9O4/c1-20(2)37(12-11-35(5)19-31-18-22(17-29-3)28(38)34-39)27-24(30-4)26(36-13-15-41-16-14-36)32-25(33-27)21-7-9-23(40-6)10-8-21/h7-10,17-18,20,28,38H,3-4,11-16,19H2,1-2,5-6H3/b22-17+,31-18-. The fourth-order valence-corrected chi connectivity index (χ4v) is 4.21. The summed E-state index contributed by atoms with van der Waals surface area (Å²) in [6, 6.07) is 7.74. The third-order valence-electron chi connectivity index (χ3n) is 6.48. The molecular weight excluding hydrogens is 526 g/mol. The van der Waals surface area contributed by atoms with Crippen molar-refractivity contribution in [1.29, 1.82) is 0 Å². The maximum Gasteiger partial charge on any atom is 0.216 e. The van der Waals surface area contributed by atoms with Crippen LogP contribution in [0.1, 0.15) is 13.8 Å². The van der Waals surface area contributed by atoms with Crippen LogP contribution >= 0.6 is 0 Å². The lowest BCUT2D eigenvalue weighted by Crippen LogP contribution is -2.40. The predicted octanol–water partition coefficient (Wildman–Crippen LogP) is 3.17. The van der Waals surface area contributed by atoms with Crippen molar-refractivity contribution in [3.8, 4) is 17.1 Å². The topological polar surface area (TPSA) is 141 Å². The van der Waals surface area contributed by atoms with Gasteiger partial charge in [-0.05, 0) is 63.8 Å². The summed E-state index contributed by atoms with van der Waals surface area (Å²) >= 11 is 0. The number of aliphatic hydroxyl groups excluding tert-OH is 1. The number of benzene rings is 1. The van der Waals surface area contributed by atoms with E-state index < -0.39 is 6.23 Å². The molecule has 0 aliphatic carbocycles. The van der Waals surface area contributed by atoms with Crippen LogP contribution in [-0.2, 0) is 4.74 Å². The number of rotatable bonds is 15. The van der Waals surface area contributed by atoms with Crippen molar-refractivity contribution in [2.75, 3.05) is 70.0 Å². The van der Waals surface area contributed by atoms with Gasteiger partial charge in [-0.25, -0.2) is 9.97 Å². The first-order valence-corrected chi connectivity index (χ1v) is 13.3. The van der Waals surface area contributed by atoms with E-state index in [0.717, 1.165) is 17.1 Å². The zero-order valence-corrected chi connectivity index (χ0v) is 24.2. The number of likely N-dealkylation sites (N-methyl/N-ethyl adjacent to an activating group) is 1. The molecule has 1 N–H and O–H groups in total. The maximum absolute atomic E-state index is 10.7. The predicted molar refractivity (Wildman–Crippen MR) is 164 cm³/mol. The van der Waals surface area contributed by atoms with Crippen molar-refractivity contribution in [1.82, 2.24) is 14.9 Å². The van der Waals surface area contributed by atoms with E-state index in [1.165, 1.54) is 12.4 Å². The molecule has 2 aromatic rings. The monoisotopic (exact) mass is 565 g/mol. The molecule has 220 valence electrons. The molecule has 1 aliphatic rings. The quantitative estimate of drug-likeness (QED) is 0.255. The molecular formula is C28H39N9O4. The number of anilines is 2. The molecule has 0 amide bonds. The Hall–Kier alpha value is -4.07. The Labute approximate surface area is 240 Å². The average Bonchev–Trinajstić information content (AvgIpc) is 3.00. The molecule has 13 heteroatoms. The minimum atomic E-state index is -1.55. The average molecular weight is 566 g/mol. The van der Waals surface area contributed by atoms with Crippen LogP contribution in [0, 0.1) is 4.91 Å². The maximum atomic E-state index is 10.7. The Morgan fingerprint density at radius 3 is 2.49 bits per heavy atom. The number of aromatic nitrogens is 2. The molecule has 0 saturated carbocycles. The van der Waals surface area contributed by atoms with Gasteiger partial charge in [-0.1, -0.05) is 0 Å². The van der Waals surface area contributed by atoms with Crippen molar-refractivity contribution >= 4 is 37.0 Å². The summed E-state index contributed by atoms with van der Waals surface area (Å²) in [5.74, 6) is 2.75. The van der Waals surface area contributed by atoms with Crippen molar-refractivity contribution in [2.45, 2.75) is 26.1 Å². The Balaban J connectivity index is 1.91. The van der Waals surface area contributed by atoms with E-state index >= 15 is 0 Å². The molecule has 0 radical (unpaired) electrons. The van der Waals surface area contributed by atoms with Gasteiger partial charge in [0.25, 0.3) is 0 Å². The van der Waals surface area contributed by atoms with Crippen LogP contribution in [0.3, 0.4) is 0 Å². The van der Waals surface area contributed by atoms with E-state index in [0.29, 0.717) is 63.4 Å². The summed E-state index contributed by atoms with van der Waals surface area (Å²) in [5, 5.41) is 12.3. The van der Waals surface area contributed by atoms with Crippen molar-refractivity contribution in [3.05, 3.63) is 40.9 Å². The van der Waals surface area contributed by atoms with Gasteiger partial charge in [-0.2, -0.15) is 0 Å². The number of ether oxygens (including phenoxy) is 2. The van der Waals surface area contributed by atoms with Crippen LogP contribution in [0.15, 0.2) is 56.2 Å². The summed E-state index contributed by atoms with van der Waals surface area (Å²) in [6.45, 7) is 15.6. The van der Waals surface area contributed by atoms with Crippen molar-refractivity contribution in [2.24, 2.45) is 20.2 Å². The molecule has 0 spiro atoms. The lowest BCUT2D eigenvalue weighted by Gasteiger charge is -2.34. The van der Waals surface area contributed by atoms with Gasteiger partial charge in [0, 0.05) is 55.8 Å². The number of aliphatic hydroxyl groups is 1. The molecule has 1 aliphatic heterocycles. The van der Waals surface area contributed by atoms with Gasteiger partial charge in [0.2, 0.25) is 6.23 Å². The number of hydrogen-bond donors (Lipinski definition) is 1. The highest BCUT2D eigenvalue weighted by Gasteiger charge is 2.26. The van der Waals surface area contributed by atoms with Gasteiger partial charge in [-0.3, -0.25) is 19.9 Å². The molecule has 1 unspecified atom stereocenters. The second-order valence-electron chi connectivity index (χ2n) is 9.64. The summed E-state index contributed by atoms with van der Waals surface area (Å²) in [7, 11) is 3.56. The number of aliphatic imine (C=N–C) groups is 3. The van der Waals surface area contributed by atoms with E-state index in [1.807, 2.05) is 36.2 Å². The highest BCUT2D eigenvalue weighted by atomic mass is 16.5. The van der Waals surface area contributed by atoms with E-state index in [9.17, 15) is 10.0 Å². The smallest absolute Gasteiger partial charge is 0.216 e. The van der Waals surface area contributed by atoms with Gasteiger partial charge in [0.05, 0.1) is 27.0 Å². The summed E-state index contributed by atoms with van der Waals surface area (Å²) in [6.07, 6.45) is 1.08. The van der Waals surface area contributed by atoms with Gasteiger partial charge >= 0.3 is 0 Å². The number of methoxy groups -OCH3 is 1. The third-order valence-corrected chi connectivity index (χ3v) is 6.48. The van der Waals surface area contributed by atoms with Gasteiger partial charge in [0.15, 0.2) is 17.5 Å². The molecule has 41 heavy (non-hydrogen) atoms. The largest absolute Gasteiger partial charge is 0.497 e. The molecule has 3 rings (SSSR count). The number of nitrogens with zero attached hydrogens (tertiary/aromatic N) is 9. The van der Waals surface area contributed by atoms with Crippen LogP contribution < -0.4 is 14.5 Å². The zero-order valence-electron chi connectivity index (χ0n) is 24.2. The molecule has 2 heterocycles. The molecule has 1 fully saturated rings. The first kappa shape index (κ1) is 31.5. The zero-order chi connectivity index (χ0) is 29.8. The second kappa shape index (κ2) is 15.6. The Morgan fingerprint density at radius 1 is 1.20 bits per heavy atom. The van der Waals surface area contributed by atoms with Crippen LogP contribution in [0.2, 0.25) is 0 Å². The third kappa shape index (κ3) is 8.46. The highest BCUT2D eigenvalue weighted by Crippen LogP contribution is 2.38. The SMILES string of the molecule is C=N/C=C(\C=N/CN(C)CCN(c1nc(-c2ccc(OC)cc2)nc(N2CCOCC2)c1N=C)C(C)C)C(O)N=O. The van der Waals surface area contributed by atoms with Crippen LogP contribution in [0.25, 0.3) is 11.4 Å². The van der Waals surface area contributed by atoms with E-state index in [2.05, 4.69) is 57.2 Å². The first-order chi connectivity index (χ1) is 19.8. The number of nitroso groups, excluding NO2 is 1. The van der Waals surface area contributed by atoms with Crippen LogP contribution in [0.5, 0.6) is 5.75 Å². The van der Waals surface area contributed by atoms with Crippen molar-refractivity contribution in [3.63, 3.8) is 0 Å². The Morgan fingerprint density at radius 2 is 1.90 bits per heavy atom. The summed E-state index contributed by atoms with van der Waals surface area (Å²) in [5.41, 5.74) is 1.65. The molecule has 1 atom stereocenters. The first-order valence-electron chi connectivity index (χ1n) is 13.3. The lowest BCUT2D eigenvalue weighted by atomic mass is 10.2. The van der Waals surface area contributed by atoms with E-state index in [4.69, 9.17) is 19.4 Å². The second-order valence-corrected chi connectivity index (χ2v) is 9.64. The molecule has 13 nitrogen and oxygen atoms in total. The van der Waals surface area contributed by atoms with Gasteiger partial charge < -0.3 is 24.4 Å². The Bertz CT molecular complexity index is 1230. The van der Waals surface area contributed by atoms with Gasteiger partial charge in [0.1, 0.15) is 11.4 Å². The van der Waals surface area contributed by atoms with E-state index in [1.54, 1.807) is 7.11 Å². The van der Waals surface area contributed by atoms with Gasteiger partial charge in [-0.15, -0.1) is 4.91 Å². The number of morpholine rings is 1. The van der Waals surface area contributed by atoms with Crippen molar-refractivity contribution < 1.29 is 14.6 Å². The summed E-state index contributed by atoms with van der Waals surface area (Å²) in [4.78, 5) is 39.3. The molecule has 1 aromatic carbocycles. The van der Waals surface area contributed by atoms with Crippen LogP contribution in [0.4, 0.5) is 17.3 Å². The fourth-order valence-electron chi connectivity index (χ4n) is 4.21. The molecule has 1 aromatic heterocycles. The fraction of sp³-hybridized carbons (Fsp3) is 0.464. The Kier molecular flexibility index (Phi) is 12.0. The highest BCUT2D eigenvalue weighted by molar-refractivity contribution is 5.81. The molecule has 1 saturated heterocycles. The number of hydrogen-bond acceptors (Lipinski definition) is 13. The molecule has 0 bridgehead atoms. The minimum Gasteiger partial charge on any atom is -0.497 e. The summed E-state index contributed by atoms with van der Waals surface area (Å²) < 4.78 is 10.9. The van der Waals surface area contributed by atoms with E-state index in [-0.39, 0.29) is 11.6 Å². The lowest BCUT2D eigenvalue weighted by molar-refractivity contribution is 0.122.